The Morgan fingerprint density at radius 3 is 2.96 bits per heavy atom. The van der Waals surface area contributed by atoms with Gasteiger partial charge < -0.3 is 14.4 Å². The lowest BCUT2D eigenvalue weighted by Crippen LogP contribution is -2.51. The molecule has 1 amide bonds. The fourth-order valence-corrected chi connectivity index (χ4v) is 4.88. The maximum Gasteiger partial charge on any atom is 0.248 e. The summed E-state index contributed by atoms with van der Waals surface area (Å²) in [5.74, 6) is 0.141. The minimum atomic E-state index is 0.0619. The highest BCUT2D eigenvalue weighted by molar-refractivity contribution is 7.07. The summed E-state index contributed by atoms with van der Waals surface area (Å²) >= 11 is 1.75. The number of thiophene rings is 1. The fraction of sp³-hybridized carbons (Fsp3) is 0.722. The third-order valence-electron chi connectivity index (χ3n) is 5.50. The van der Waals surface area contributed by atoms with Crippen molar-refractivity contribution in [1.82, 2.24) is 9.80 Å². The van der Waals surface area contributed by atoms with Crippen LogP contribution in [0, 0.1) is 0 Å². The van der Waals surface area contributed by atoms with Gasteiger partial charge in [0.1, 0.15) is 6.61 Å². The topological polar surface area (TPSA) is 42.0 Å². The van der Waals surface area contributed by atoms with Crippen molar-refractivity contribution in [1.29, 1.82) is 0 Å². The summed E-state index contributed by atoms with van der Waals surface area (Å²) in [6.45, 7) is 4.73. The third kappa shape index (κ3) is 3.52. The second kappa shape index (κ2) is 7.52. The van der Waals surface area contributed by atoms with E-state index in [4.69, 9.17) is 9.47 Å². The summed E-state index contributed by atoms with van der Waals surface area (Å²) in [5, 5.41) is 4.36. The van der Waals surface area contributed by atoms with E-state index in [0.29, 0.717) is 6.04 Å². The van der Waals surface area contributed by atoms with Crippen LogP contribution in [0.25, 0.3) is 0 Å². The van der Waals surface area contributed by atoms with Crippen molar-refractivity contribution < 1.29 is 14.3 Å². The van der Waals surface area contributed by atoms with Gasteiger partial charge in [-0.3, -0.25) is 9.69 Å². The molecule has 24 heavy (non-hydrogen) atoms. The minimum absolute atomic E-state index is 0.0619. The fourth-order valence-electron chi connectivity index (χ4n) is 4.22. The average molecular weight is 350 g/mol. The SMILES string of the molecule is O=C(CO[C@@H]1CC[C@H]2[C@H]1OCCN2Cc1ccsc1)N1CCCC1. The molecular formula is C18H26N2O3S. The molecule has 3 atom stereocenters. The molecule has 0 N–H and O–H groups in total. The van der Waals surface area contributed by atoms with Crippen LogP contribution in [0.2, 0.25) is 0 Å². The van der Waals surface area contributed by atoms with Crippen LogP contribution in [-0.2, 0) is 20.8 Å². The Morgan fingerprint density at radius 2 is 2.17 bits per heavy atom. The normalized spacial score (nSPS) is 30.7. The van der Waals surface area contributed by atoms with Crippen molar-refractivity contribution in [3.05, 3.63) is 22.4 Å². The summed E-state index contributed by atoms with van der Waals surface area (Å²) in [6.07, 6.45) is 4.51. The van der Waals surface area contributed by atoms with E-state index in [1.54, 1.807) is 11.3 Å². The van der Waals surface area contributed by atoms with Crippen molar-refractivity contribution >= 4 is 17.2 Å². The highest BCUT2D eigenvalue weighted by Gasteiger charge is 2.43. The molecule has 0 bridgehead atoms. The molecule has 1 aliphatic carbocycles. The Bertz CT molecular complexity index is 544. The van der Waals surface area contributed by atoms with Crippen molar-refractivity contribution in [3.63, 3.8) is 0 Å². The van der Waals surface area contributed by atoms with E-state index < -0.39 is 0 Å². The van der Waals surface area contributed by atoms with Crippen LogP contribution < -0.4 is 0 Å². The molecule has 1 saturated carbocycles. The van der Waals surface area contributed by atoms with E-state index in [9.17, 15) is 4.79 Å². The standard InChI is InChI=1S/C18H26N2O3S/c21-17(19-6-1-2-7-19)12-23-16-4-3-15-18(16)22-9-8-20(15)11-14-5-10-24-13-14/h5,10,13,15-16,18H,1-4,6-9,11-12H2/t15-,16+,18+/m0/s1. The van der Waals surface area contributed by atoms with E-state index in [1.165, 1.54) is 5.56 Å². The van der Waals surface area contributed by atoms with Gasteiger partial charge in [-0.05, 0) is 48.1 Å². The highest BCUT2D eigenvalue weighted by Crippen LogP contribution is 2.33. The molecule has 4 rings (SSSR count). The Morgan fingerprint density at radius 1 is 1.29 bits per heavy atom. The molecule has 1 aromatic heterocycles. The molecular weight excluding hydrogens is 324 g/mol. The number of amides is 1. The number of fused-ring (bicyclic) bond motifs is 1. The smallest absolute Gasteiger partial charge is 0.248 e. The minimum Gasteiger partial charge on any atom is -0.373 e. The van der Waals surface area contributed by atoms with Gasteiger partial charge in [0.05, 0.1) is 18.8 Å². The molecule has 3 aliphatic rings. The molecule has 0 radical (unpaired) electrons. The maximum atomic E-state index is 12.2. The van der Waals surface area contributed by atoms with Crippen LogP contribution in [0.1, 0.15) is 31.2 Å². The molecule has 3 fully saturated rings. The quantitative estimate of drug-likeness (QED) is 0.816. The largest absolute Gasteiger partial charge is 0.373 e. The number of carbonyl (C=O) groups excluding carboxylic acids is 1. The van der Waals surface area contributed by atoms with E-state index in [0.717, 1.165) is 58.5 Å². The first kappa shape index (κ1) is 16.5. The zero-order chi connectivity index (χ0) is 16.4. The summed E-state index contributed by atoms with van der Waals surface area (Å²) in [5.41, 5.74) is 1.38. The molecule has 3 heterocycles. The third-order valence-corrected chi connectivity index (χ3v) is 6.23. The van der Waals surface area contributed by atoms with Gasteiger partial charge in [0.2, 0.25) is 5.91 Å². The molecule has 132 valence electrons. The second-order valence-corrected chi connectivity index (χ2v) is 7.80. The number of rotatable bonds is 5. The lowest BCUT2D eigenvalue weighted by atomic mass is 10.1. The Labute approximate surface area is 147 Å². The van der Waals surface area contributed by atoms with Crippen molar-refractivity contribution in [3.8, 4) is 0 Å². The van der Waals surface area contributed by atoms with Crippen LogP contribution in [0.3, 0.4) is 0 Å². The number of hydrogen-bond acceptors (Lipinski definition) is 5. The number of likely N-dealkylation sites (tertiary alicyclic amines) is 1. The number of carbonyl (C=O) groups is 1. The van der Waals surface area contributed by atoms with Gasteiger partial charge in [-0.25, -0.2) is 0 Å². The Balaban J connectivity index is 1.31. The molecule has 2 aliphatic heterocycles. The second-order valence-electron chi connectivity index (χ2n) is 7.02. The van der Waals surface area contributed by atoms with Crippen LogP contribution in [0.15, 0.2) is 16.8 Å². The molecule has 0 unspecified atom stereocenters. The predicted molar refractivity (Wildman–Crippen MR) is 93.0 cm³/mol. The summed E-state index contributed by atoms with van der Waals surface area (Å²) in [4.78, 5) is 16.6. The molecule has 0 aromatic carbocycles. The molecule has 2 saturated heterocycles. The van der Waals surface area contributed by atoms with Crippen LogP contribution in [-0.4, -0.2) is 66.8 Å². The number of ether oxygens (including phenoxy) is 2. The predicted octanol–water partition coefficient (Wildman–Crippen LogP) is 2.12. The lowest BCUT2D eigenvalue weighted by Gasteiger charge is -2.39. The first-order valence-electron chi connectivity index (χ1n) is 9.07. The number of nitrogens with zero attached hydrogens (tertiary/aromatic N) is 2. The lowest BCUT2D eigenvalue weighted by molar-refractivity contribution is -0.145. The molecule has 0 spiro atoms. The molecule has 6 heteroatoms. The van der Waals surface area contributed by atoms with Gasteiger partial charge in [0.25, 0.3) is 0 Å². The monoisotopic (exact) mass is 350 g/mol. The average Bonchev–Trinajstić information content (AvgIpc) is 3.34. The van der Waals surface area contributed by atoms with Gasteiger partial charge in [-0.1, -0.05) is 0 Å². The van der Waals surface area contributed by atoms with E-state index in [1.807, 2.05) is 4.90 Å². The maximum absolute atomic E-state index is 12.2. The summed E-state index contributed by atoms with van der Waals surface area (Å²) in [7, 11) is 0. The van der Waals surface area contributed by atoms with Crippen molar-refractivity contribution in [2.75, 3.05) is 32.8 Å². The Hall–Kier alpha value is -0.950. The first-order chi connectivity index (χ1) is 11.8. The summed E-state index contributed by atoms with van der Waals surface area (Å²) < 4.78 is 12.0. The Kier molecular flexibility index (Phi) is 5.17. The van der Waals surface area contributed by atoms with Gasteiger partial charge in [-0.2, -0.15) is 11.3 Å². The molecule has 1 aromatic rings. The van der Waals surface area contributed by atoms with E-state index >= 15 is 0 Å². The van der Waals surface area contributed by atoms with Crippen LogP contribution >= 0.6 is 11.3 Å². The molecule has 5 nitrogen and oxygen atoms in total. The zero-order valence-corrected chi connectivity index (χ0v) is 14.9. The number of hydrogen-bond donors (Lipinski definition) is 0. The van der Waals surface area contributed by atoms with Gasteiger partial charge >= 0.3 is 0 Å². The van der Waals surface area contributed by atoms with Crippen molar-refractivity contribution in [2.24, 2.45) is 0 Å². The van der Waals surface area contributed by atoms with Crippen LogP contribution in [0.5, 0.6) is 0 Å². The van der Waals surface area contributed by atoms with Gasteiger partial charge in [0, 0.05) is 32.2 Å². The van der Waals surface area contributed by atoms with E-state index in [2.05, 4.69) is 21.7 Å². The number of morpholine rings is 1. The van der Waals surface area contributed by atoms with Crippen LogP contribution in [0.4, 0.5) is 0 Å². The van der Waals surface area contributed by atoms with Gasteiger partial charge in [0.15, 0.2) is 0 Å². The van der Waals surface area contributed by atoms with E-state index in [-0.39, 0.29) is 24.7 Å². The first-order valence-corrected chi connectivity index (χ1v) is 10.0. The van der Waals surface area contributed by atoms with Crippen molar-refractivity contribution in [2.45, 2.75) is 50.5 Å². The zero-order valence-electron chi connectivity index (χ0n) is 14.1. The summed E-state index contributed by atoms with van der Waals surface area (Å²) in [6, 6.07) is 2.62. The highest BCUT2D eigenvalue weighted by atomic mass is 32.1. The van der Waals surface area contributed by atoms with Gasteiger partial charge in [-0.15, -0.1) is 0 Å².